The number of sulfonamides is 1. The maximum Gasteiger partial charge on any atom is 0.264 e. The Morgan fingerprint density at radius 3 is 2.41 bits per heavy atom. The standard InChI is InChI=1S/C20H24N2O4S/c23-19(13-15-22-14-5-4-8-20(22)24)21-27(25,26)18-11-9-17(10-12-18)16-6-2-1-3-7-16/h4-5,8-12,14,16H,1-3,6-7,13,15H2,(H,21,23). The van der Waals surface area contributed by atoms with Crippen LogP contribution in [0.5, 0.6) is 0 Å². The second kappa shape index (κ2) is 8.52. The van der Waals surface area contributed by atoms with E-state index < -0.39 is 15.9 Å². The van der Waals surface area contributed by atoms with Crippen molar-refractivity contribution in [2.75, 3.05) is 0 Å². The summed E-state index contributed by atoms with van der Waals surface area (Å²) in [4.78, 5) is 23.7. The molecule has 1 saturated carbocycles. The fourth-order valence-corrected chi connectivity index (χ4v) is 4.50. The zero-order valence-corrected chi connectivity index (χ0v) is 16.0. The highest BCUT2D eigenvalue weighted by molar-refractivity contribution is 7.90. The minimum Gasteiger partial charge on any atom is -0.315 e. The lowest BCUT2D eigenvalue weighted by molar-refractivity contribution is -0.119. The fraction of sp³-hybridized carbons (Fsp3) is 0.400. The van der Waals surface area contributed by atoms with Crippen LogP contribution in [0.2, 0.25) is 0 Å². The number of aryl methyl sites for hydroxylation is 1. The second-order valence-corrected chi connectivity index (χ2v) is 8.60. The molecule has 0 spiro atoms. The van der Waals surface area contributed by atoms with E-state index in [1.54, 1.807) is 30.5 Å². The molecule has 0 saturated heterocycles. The number of hydrogen-bond acceptors (Lipinski definition) is 4. The van der Waals surface area contributed by atoms with Crippen LogP contribution in [-0.4, -0.2) is 18.9 Å². The van der Waals surface area contributed by atoms with Crippen LogP contribution >= 0.6 is 0 Å². The van der Waals surface area contributed by atoms with Crippen LogP contribution < -0.4 is 10.3 Å². The van der Waals surface area contributed by atoms with Crippen molar-refractivity contribution in [3.8, 4) is 0 Å². The first kappa shape index (κ1) is 19.4. The van der Waals surface area contributed by atoms with Crippen molar-refractivity contribution in [2.45, 2.75) is 55.9 Å². The van der Waals surface area contributed by atoms with Gasteiger partial charge >= 0.3 is 0 Å². The molecule has 7 heteroatoms. The van der Waals surface area contributed by atoms with Crippen molar-refractivity contribution in [3.05, 3.63) is 64.6 Å². The summed E-state index contributed by atoms with van der Waals surface area (Å²) in [6.45, 7) is 0.127. The zero-order valence-electron chi connectivity index (χ0n) is 15.1. The number of hydrogen-bond donors (Lipinski definition) is 1. The van der Waals surface area contributed by atoms with Gasteiger partial charge in [0.2, 0.25) is 5.91 Å². The van der Waals surface area contributed by atoms with E-state index in [1.807, 2.05) is 12.1 Å². The summed E-state index contributed by atoms with van der Waals surface area (Å²) in [5, 5.41) is 0. The normalized spacial score (nSPS) is 15.4. The number of nitrogens with one attached hydrogen (secondary N) is 1. The van der Waals surface area contributed by atoms with Crippen LogP contribution in [0.4, 0.5) is 0 Å². The molecule has 1 aromatic carbocycles. The van der Waals surface area contributed by atoms with Gasteiger partial charge in [0.15, 0.2) is 0 Å². The summed E-state index contributed by atoms with van der Waals surface area (Å²) in [6, 6.07) is 11.5. The molecule has 0 aliphatic heterocycles. The lowest BCUT2D eigenvalue weighted by Crippen LogP contribution is -2.32. The third-order valence-corrected chi connectivity index (χ3v) is 6.38. The Kier molecular flexibility index (Phi) is 6.11. The molecule has 1 aliphatic carbocycles. The topological polar surface area (TPSA) is 85.2 Å². The van der Waals surface area contributed by atoms with Crippen LogP contribution in [-0.2, 0) is 21.4 Å². The van der Waals surface area contributed by atoms with Crippen molar-refractivity contribution in [3.63, 3.8) is 0 Å². The molecule has 1 amide bonds. The van der Waals surface area contributed by atoms with E-state index in [4.69, 9.17) is 0 Å². The summed E-state index contributed by atoms with van der Waals surface area (Å²) in [7, 11) is -3.91. The van der Waals surface area contributed by atoms with E-state index in [-0.39, 0.29) is 23.4 Å². The van der Waals surface area contributed by atoms with Gasteiger partial charge in [-0.2, -0.15) is 0 Å². The Morgan fingerprint density at radius 1 is 1.04 bits per heavy atom. The maximum absolute atomic E-state index is 12.4. The fourth-order valence-electron chi connectivity index (χ4n) is 3.48. The SMILES string of the molecule is O=C(CCn1ccccc1=O)NS(=O)(=O)c1ccc(C2CCCCC2)cc1. The van der Waals surface area contributed by atoms with Gasteiger partial charge in [-0.3, -0.25) is 9.59 Å². The Morgan fingerprint density at radius 2 is 1.74 bits per heavy atom. The highest BCUT2D eigenvalue weighted by atomic mass is 32.2. The highest BCUT2D eigenvalue weighted by Gasteiger charge is 2.20. The number of aromatic nitrogens is 1. The van der Waals surface area contributed by atoms with E-state index in [2.05, 4.69) is 4.72 Å². The van der Waals surface area contributed by atoms with Crippen molar-refractivity contribution in [1.29, 1.82) is 0 Å². The molecule has 0 unspecified atom stereocenters. The molecule has 144 valence electrons. The minimum atomic E-state index is -3.91. The van der Waals surface area contributed by atoms with Crippen LogP contribution in [0.25, 0.3) is 0 Å². The Labute approximate surface area is 159 Å². The predicted molar refractivity (Wildman–Crippen MR) is 103 cm³/mol. The van der Waals surface area contributed by atoms with E-state index in [1.165, 1.54) is 29.9 Å². The summed E-state index contributed by atoms with van der Waals surface area (Å²) >= 11 is 0. The average Bonchev–Trinajstić information content (AvgIpc) is 2.68. The molecule has 0 radical (unpaired) electrons. The number of benzene rings is 1. The number of pyridine rings is 1. The molecular formula is C20H24N2O4S. The first-order valence-corrected chi connectivity index (χ1v) is 10.7. The van der Waals surface area contributed by atoms with Crippen LogP contribution in [0, 0.1) is 0 Å². The van der Waals surface area contributed by atoms with Crippen molar-refractivity contribution >= 4 is 15.9 Å². The third-order valence-electron chi connectivity index (χ3n) is 4.99. The minimum absolute atomic E-state index is 0.0762. The lowest BCUT2D eigenvalue weighted by atomic mass is 9.84. The zero-order chi connectivity index (χ0) is 19.3. The van der Waals surface area contributed by atoms with Crippen LogP contribution in [0.15, 0.2) is 58.4 Å². The molecule has 1 fully saturated rings. The Hall–Kier alpha value is -2.41. The van der Waals surface area contributed by atoms with Crippen molar-refractivity contribution in [2.24, 2.45) is 0 Å². The lowest BCUT2D eigenvalue weighted by Gasteiger charge is -2.22. The highest BCUT2D eigenvalue weighted by Crippen LogP contribution is 2.32. The van der Waals surface area contributed by atoms with Gasteiger partial charge in [-0.1, -0.05) is 37.5 Å². The Bertz CT molecular complexity index is 942. The van der Waals surface area contributed by atoms with Gasteiger partial charge < -0.3 is 4.57 Å². The van der Waals surface area contributed by atoms with Crippen molar-refractivity contribution in [1.82, 2.24) is 9.29 Å². The van der Waals surface area contributed by atoms with Gasteiger partial charge in [0.1, 0.15) is 0 Å². The number of rotatable bonds is 6. The quantitative estimate of drug-likeness (QED) is 0.825. The molecule has 27 heavy (non-hydrogen) atoms. The van der Waals surface area contributed by atoms with E-state index >= 15 is 0 Å². The molecule has 0 atom stereocenters. The monoisotopic (exact) mass is 388 g/mol. The van der Waals surface area contributed by atoms with E-state index in [0.717, 1.165) is 18.4 Å². The number of carbonyl (C=O) groups excluding carboxylic acids is 1. The number of amides is 1. The average molecular weight is 388 g/mol. The van der Waals surface area contributed by atoms with Crippen LogP contribution in [0.1, 0.15) is 50.0 Å². The van der Waals surface area contributed by atoms with Crippen LogP contribution in [0.3, 0.4) is 0 Å². The van der Waals surface area contributed by atoms with Gasteiger partial charge in [0, 0.05) is 25.2 Å². The van der Waals surface area contributed by atoms with Gasteiger partial charge in [0.25, 0.3) is 15.6 Å². The molecule has 0 bridgehead atoms. The smallest absolute Gasteiger partial charge is 0.264 e. The summed E-state index contributed by atoms with van der Waals surface area (Å²) in [6.07, 6.45) is 7.45. The summed E-state index contributed by atoms with van der Waals surface area (Å²) < 4.78 is 28.3. The van der Waals surface area contributed by atoms with Gasteiger partial charge in [0.05, 0.1) is 4.90 Å². The maximum atomic E-state index is 12.4. The predicted octanol–water partition coefficient (Wildman–Crippen LogP) is 2.79. The molecule has 1 N–H and O–H groups in total. The summed E-state index contributed by atoms with van der Waals surface area (Å²) in [5.41, 5.74) is 0.926. The largest absolute Gasteiger partial charge is 0.315 e. The number of nitrogens with zero attached hydrogens (tertiary/aromatic N) is 1. The molecule has 1 aromatic heterocycles. The first-order valence-electron chi connectivity index (χ1n) is 9.27. The molecular weight excluding hydrogens is 364 g/mol. The second-order valence-electron chi connectivity index (χ2n) is 6.91. The van der Waals surface area contributed by atoms with Gasteiger partial charge in [-0.15, -0.1) is 0 Å². The van der Waals surface area contributed by atoms with Crippen molar-refractivity contribution < 1.29 is 13.2 Å². The molecule has 1 heterocycles. The number of carbonyl (C=O) groups is 1. The molecule has 2 aromatic rings. The third kappa shape index (κ3) is 5.07. The molecule has 3 rings (SSSR count). The van der Waals surface area contributed by atoms with Gasteiger partial charge in [-0.25, -0.2) is 13.1 Å². The first-order chi connectivity index (χ1) is 13.0. The Balaban J connectivity index is 1.61. The van der Waals surface area contributed by atoms with E-state index in [0.29, 0.717) is 5.92 Å². The molecule has 1 aliphatic rings. The van der Waals surface area contributed by atoms with Gasteiger partial charge in [-0.05, 0) is 42.5 Å². The molecule has 6 nitrogen and oxygen atoms in total. The summed E-state index contributed by atoms with van der Waals surface area (Å²) in [5.74, 6) is -0.142. The van der Waals surface area contributed by atoms with E-state index in [9.17, 15) is 18.0 Å².